The fraction of sp³-hybridized carbons (Fsp3) is 0.833. The molecule has 0 bridgehead atoms. The molecular weight excluding hydrogens is 114 g/mol. The third kappa shape index (κ3) is 0.812. The molecule has 3 heteroatoms. The van der Waals surface area contributed by atoms with Crippen molar-refractivity contribution in [1.29, 1.82) is 0 Å². The number of hydrogen-bond acceptors (Lipinski definition) is 3. The van der Waals surface area contributed by atoms with Crippen molar-refractivity contribution < 1.29 is 0 Å². The molecule has 0 spiro atoms. The molecule has 1 aliphatic carbocycles. The summed E-state index contributed by atoms with van der Waals surface area (Å²) in [6, 6.07) is 1.00. The summed E-state index contributed by atoms with van der Waals surface area (Å²) in [5.74, 6) is 0.701. The van der Waals surface area contributed by atoms with Crippen molar-refractivity contribution in [3.63, 3.8) is 0 Å². The zero-order valence-electron chi connectivity index (χ0n) is 5.25. The number of nitrogens with one attached hydrogen (secondary N) is 1. The average molecular weight is 125 g/mol. The van der Waals surface area contributed by atoms with Crippen LogP contribution in [0.5, 0.6) is 0 Å². The fourth-order valence-electron chi connectivity index (χ4n) is 1.32. The van der Waals surface area contributed by atoms with E-state index in [-0.39, 0.29) is 0 Å². The molecule has 1 fully saturated rings. The van der Waals surface area contributed by atoms with Gasteiger partial charge in [0.05, 0.1) is 18.9 Å². The minimum absolute atomic E-state index is 0.448. The number of nitrogens with zero attached hydrogens (tertiary/aromatic N) is 1. The van der Waals surface area contributed by atoms with Gasteiger partial charge in [0.15, 0.2) is 0 Å². The second kappa shape index (κ2) is 1.70. The molecule has 9 heavy (non-hydrogen) atoms. The van der Waals surface area contributed by atoms with Crippen LogP contribution in [0.3, 0.4) is 0 Å². The van der Waals surface area contributed by atoms with Gasteiger partial charge in [-0.2, -0.15) is 0 Å². The highest BCUT2D eigenvalue weighted by molar-refractivity contribution is 5.57. The second-order valence-electron chi connectivity index (χ2n) is 2.83. The van der Waals surface area contributed by atoms with E-state index in [9.17, 15) is 0 Å². The summed E-state index contributed by atoms with van der Waals surface area (Å²) in [7, 11) is 0. The van der Waals surface area contributed by atoms with Gasteiger partial charge in [0.1, 0.15) is 0 Å². The van der Waals surface area contributed by atoms with Gasteiger partial charge in [0.2, 0.25) is 0 Å². The van der Waals surface area contributed by atoms with Crippen LogP contribution in [0, 0.1) is 5.92 Å². The number of rotatable bonds is 1. The highest BCUT2D eigenvalue weighted by atomic mass is 15.1. The van der Waals surface area contributed by atoms with Crippen molar-refractivity contribution in [1.82, 2.24) is 5.32 Å². The molecule has 1 heterocycles. The van der Waals surface area contributed by atoms with Gasteiger partial charge in [0, 0.05) is 6.04 Å². The Morgan fingerprint density at radius 3 is 2.89 bits per heavy atom. The number of aliphatic imine (C=N–C) groups is 1. The first-order valence-corrected chi connectivity index (χ1v) is 3.38. The summed E-state index contributed by atoms with van der Waals surface area (Å²) in [4.78, 5) is 4.07. The van der Waals surface area contributed by atoms with E-state index >= 15 is 0 Å². The molecule has 0 radical (unpaired) electrons. The van der Waals surface area contributed by atoms with Crippen LogP contribution in [-0.2, 0) is 0 Å². The highest BCUT2D eigenvalue weighted by Gasteiger charge is 2.40. The monoisotopic (exact) mass is 125 g/mol. The number of nitrogens with two attached hydrogens (primary N) is 1. The Kier molecular flexibility index (Phi) is 0.990. The predicted octanol–water partition coefficient (Wildman–Crippen LogP) is -0.666. The summed E-state index contributed by atoms with van der Waals surface area (Å²) in [5, 5.41) is 3.18. The fourth-order valence-corrected chi connectivity index (χ4v) is 1.32. The van der Waals surface area contributed by atoms with E-state index in [0.717, 1.165) is 6.54 Å². The molecule has 3 nitrogen and oxygen atoms in total. The van der Waals surface area contributed by atoms with Crippen molar-refractivity contribution in [3.8, 4) is 0 Å². The molecule has 0 aromatic heterocycles. The minimum atomic E-state index is 0.448. The van der Waals surface area contributed by atoms with Crippen LogP contribution in [0.15, 0.2) is 4.99 Å². The van der Waals surface area contributed by atoms with Gasteiger partial charge in [-0.3, -0.25) is 4.99 Å². The third-order valence-corrected chi connectivity index (χ3v) is 2.09. The molecule has 0 unspecified atom stereocenters. The van der Waals surface area contributed by atoms with Gasteiger partial charge in [-0.15, -0.1) is 0 Å². The summed E-state index contributed by atoms with van der Waals surface area (Å²) < 4.78 is 0. The molecule has 2 rings (SSSR count). The van der Waals surface area contributed by atoms with Gasteiger partial charge in [-0.05, 0) is 12.3 Å². The Labute approximate surface area is 54.3 Å². The summed E-state index contributed by atoms with van der Waals surface area (Å²) in [5.41, 5.74) is 5.65. The van der Waals surface area contributed by atoms with Crippen LogP contribution in [-0.4, -0.2) is 25.0 Å². The Morgan fingerprint density at radius 2 is 2.44 bits per heavy atom. The summed E-state index contributed by atoms with van der Waals surface area (Å²) in [6.07, 6.45) is 2.97. The van der Waals surface area contributed by atoms with Crippen molar-refractivity contribution >= 4 is 6.34 Å². The maximum absolute atomic E-state index is 5.65. The van der Waals surface area contributed by atoms with Crippen LogP contribution >= 0.6 is 0 Å². The lowest BCUT2D eigenvalue weighted by molar-refractivity contribution is 0.569. The molecular formula is C6H11N3. The summed E-state index contributed by atoms with van der Waals surface area (Å²) in [6.45, 7) is 0.929. The Hall–Kier alpha value is -0.570. The van der Waals surface area contributed by atoms with Gasteiger partial charge in [-0.1, -0.05) is 0 Å². The molecule has 2 aliphatic rings. The smallest absolute Gasteiger partial charge is 0.0827 e. The first-order chi connectivity index (χ1) is 4.38. The first kappa shape index (κ1) is 5.23. The minimum Gasteiger partial charge on any atom is -0.371 e. The Balaban J connectivity index is 1.87. The zero-order chi connectivity index (χ0) is 6.27. The van der Waals surface area contributed by atoms with Gasteiger partial charge in [-0.25, -0.2) is 0 Å². The lowest BCUT2D eigenvalue weighted by atomic mass is 10.2. The molecule has 3 atom stereocenters. The average Bonchev–Trinajstić information content (AvgIpc) is 2.44. The van der Waals surface area contributed by atoms with Crippen molar-refractivity contribution in [3.05, 3.63) is 0 Å². The summed E-state index contributed by atoms with van der Waals surface area (Å²) >= 11 is 0. The topological polar surface area (TPSA) is 50.4 Å². The van der Waals surface area contributed by atoms with E-state index in [1.54, 1.807) is 6.34 Å². The van der Waals surface area contributed by atoms with Crippen LogP contribution in [0.2, 0.25) is 0 Å². The lowest BCUT2D eigenvalue weighted by Crippen LogP contribution is -2.29. The standard InChI is InChI=1S/C6H11N3/c7-5-1-4(5)6-2-8-3-9-6/h3-6H,1-2,7H2,(H,8,9)/t4-,5-,6+/m1/s1. The Morgan fingerprint density at radius 1 is 1.67 bits per heavy atom. The molecule has 50 valence electrons. The lowest BCUT2D eigenvalue weighted by Gasteiger charge is -2.05. The van der Waals surface area contributed by atoms with Gasteiger partial charge < -0.3 is 11.1 Å². The van der Waals surface area contributed by atoms with Gasteiger partial charge in [0.25, 0.3) is 0 Å². The van der Waals surface area contributed by atoms with Crippen LogP contribution in [0.1, 0.15) is 6.42 Å². The van der Waals surface area contributed by atoms with E-state index < -0.39 is 0 Å². The zero-order valence-corrected chi connectivity index (χ0v) is 5.25. The normalized spacial score (nSPS) is 47.0. The second-order valence-corrected chi connectivity index (χ2v) is 2.83. The van der Waals surface area contributed by atoms with Crippen LogP contribution in [0.4, 0.5) is 0 Å². The largest absolute Gasteiger partial charge is 0.371 e. The number of hydrogen-bond donors (Lipinski definition) is 2. The van der Waals surface area contributed by atoms with E-state index in [4.69, 9.17) is 5.73 Å². The van der Waals surface area contributed by atoms with Crippen molar-refractivity contribution in [2.75, 3.05) is 6.54 Å². The molecule has 0 saturated heterocycles. The van der Waals surface area contributed by atoms with E-state index in [0.29, 0.717) is 18.0 Å². The highest BCUT2D eigenvalue weighted by Crippen LogP contribution is 2.32. The van der Waals surface area contributed by atoms with Crippen LogP contribution < -0.4 is 11.1 Å². The molecule has 0 aromatic carbocycles. The molecule has 0 aromatic rings. The SMILES string of the molecule is N[C@@H]1C[C@H]1[C@@H]1CN=CN1. The van der Waals surface area contributed by atoms with E-state index in [2.05, 4.69) is 10.3 Å². The van der Waals surface area contributed by atoms with Crippen LogP contribution in [0.25, 0.3) is 0 Å². The third-order valence-electron chi connectivity index (χ3n) is 2.09. The van der Waals surface area contributed by atoms with Crippen molar-refractivity contribution in [2.24, 2.45) is 16.6 Å². The molecule has 3 N–H and O–H groups in total. The maximum Gasteiger partial charge on any atom is 0.0827 e. The van der Waals surface area contributed by atoms with Gasteiger partial charge >= 0.3 is 0 Å². The Bertz CT molecular complexity index is 135. The van der Waals surface area contributed by atoms with Crippen molar-refractivity contribution in [2.45, 2.75) is 18.5 Å². The van der Waals surface area contributed by atoms with E-state index in [1.807, 2.05) is 0 Å². The molecule has 0 amide bonds. The quantitative estimate of drug-likeness (QED) is 0.488. The predicted molar refractivity (Wildman–Crippen MR) is 36.4 cm³/mol. The molecule has 1 aliphatic heterocycles. The molecule has 1 saturated carbocycles. The van der Waals surface area contributed by atoms with E-state index in [1.165, 1.54) is 6.42 Å². The maximum atomic E-state index is 5.65. The first-order valence-electron chi connectivity index (χ1n) is 3.38.